The number of hydrogen-bond donors (Lipinski definition) is 1. The molecule has 1 N–H and O–H groups in total. The zero-order valence-corrected chi connectivity index (χ0v) is 17.4. The zero-order valence-electron chi connectivity index (χ0n) is 16.5. The van der Waals surface area contributed by atoms with Crippen molar-refractivity contribution in [3.63, 3.8) is 0 Å². The Morgan fingerprint density at radius 1 is 1.03 bits per heavy atom. The Balaban J connectivity index is 1.15. The number of anilines is 1. The van der Waals surface area contributed by atoms with Gasteiger partial charge in [-0.3, -0.25) is 10.4 Å². The fraction of sp³-hybridized carbons (Fsp3) is 0.455. The van der Waals surface area contributed by atoms with Crippen molar-refractivity contribution < 1.29 is 0 Å². The van der Waals surface area contributed by atoms with E-state index in [1.54, 1.807) is 0 Å². The van der Waals surface area contributed by atoms with E-state index < -0.39 is 0 Å². The highest BCUT2D eigenvalue weighted by atomic mass is 32.1. The van der Waals surface area contributed by atoms with Gasteiger partial charge >= 0.3 is 0 Å². The molecule has 5 rings (SSSR count). The van der Waals surface area contributed by atoms with Crippen molar-refractivity contribution in [2.24, 2.45) is 10.5 Å². The minimum atomic E-state index is 0.418. The first kappa shape index (κ1) is 18.5. The Morgan fingerprint density at radius 3 is 2.66 bits per heavy atom. The molecule has 0 radical (unpaired) electrons. The first-order chi connectivity index (χ1) is 14.2. The average Bonchev–Trinajstić information content (AvgIpc) is 2.76. The molecule has 2 aromatic rings. The third kappa shape index (κ3) is 3.71. The largest absolute Gasteiger partial charge is 0.355 e. The number of rotatable bonds is 2. The van der Waals surface area contributed by atoms with Crippen LogP contribution in [0.5, 0.6) is 0 Å². The van der Waals surface area contributed by atoms with E-state index in [1.807, 2.05) is 24.5 Å². The van der Waals surface area contributed by atoms with Crippen LogP contribution in [-0.2, 0) is 6.42 Å². The Labute approximate surface area is 177 Å². The number of hydrogen-bond acceptors (Lipinski definition) is 5. The summed E-state index contributed by atoms with van der Waals surface area (Å²) >= 11 is 5.64. The Kier molecular flexibility index (Phi) is 4.91. The molecule has 7 heteroatoms. The van der Waals surface area contributed by atoms with Crippen molar-refractivity contribution in [2.45, 2.75) is 32.1 Å². The molecule has 0 amide bonds. The molecule has 0 bridgehead atoms. The molecule has 2 aromatic heterocycles. The third-order valence-electron chi connectivity index (χ3n) is 6.45. The Hall–Kier alpha value is -2.54. The molecule has 2 saturated heterocycles. The maximum absolute atomic E-state index is 5.64. The third-order valence-corrected chi connectivity index (χ3v) is 6.80. The van der Waals surface area contributed by atoms with E-state index >= 15 is 0 Å². The Bertz CT molecular complexity index is 912. The number of nitrogens with zero attached hydrogens (tertiary/aromatic N) is 5. The van der Waals surface area contributed by atoms with E-state index in [1.165, 1.54) is 18.4 Å². The van der Waals surface area contributed by atoms with Crippen LogP contribution < -0.4 is 10.3 Å². The van der Waals surface area contributed by atoms with Crippen molar-refractivity contribution in [3.05, 3.63) is 54.0 Å². The van der Waals surface area contributed by atoms with E-state index in [0.717, 1.165) is 67.8 Å². The fourth-order valence-corrected chi connectivity index (χ4v) is 4.95. The van der Waals surface area contributed by atoms with Crippen molar-refractivity contribution in [1.82, 2.24) is 20.3 Å². The molecule has 0 aromatic carbocycles. The smallest absolute Gasteiger partial charge is 0.189 e. The minimum absolute atomic E-state index is 0.418. The second-order valence-corrected chi connectivity index (χ2v) is 8.76. The second-order valence-electron chi connectivity index (χ2n) is 8.37. The highest BCUT2D eigenvalue weighted by Crippen LogP contribution is 2.42. The molecule has 3 aliphatic rings. The van der Waals surface area contributed by atoms with E-state index in [4.69, 9.17) is 12.2 Å². The summed E-state index contributed by atoms with van der Waals surface area (Å²) in [5, 5.41) is 5.36. The molecule has 150 valence electrons. The van der Waals surface area contributed by atoms with Crippen LogP contribution in [0.4, 0.5) is 5.82 Å². The summed E-state index contributed by atoms with van der Waals surface area (Å²) in [6, 6.07) is 10.3. The van der Waals surface area contributed by atoms with E-state index in [0.29, 0.717) is 5.41 Å². The fourth-order valence-electron chi connectivity index (χ4n) is 4.73. The lowest BCUT2D eigenvalue weighted by Gasteiger charge is -2.54. The first-order valence-corrected chi connectivity index (χ1v) is 10.9. The number of piperidine rings is 1. The van der Waals surface area contributed by atoms with Crippen molar-refractivity contribution >= 4 is 28.9 Å². The zero-order chi connectivity index (χ0) is 19.7. The van der Waals surface area contributed by atoms with Crippen LogP contribution in [-0.4, -0.2) is 51.9 Å². The van der Waals surface area contributed by atoms with Crippen LogP contribution in [0.1, 0.15) is 36.9 Å². The van der Waals surface area contributed by atoms with Gasteiger partial charge < -0.3 is 9.80 Å². The molecular weight excluding hydrogens is 380 g/mol. The SMILES string of the molecule is S=C(N/N=C1\CCCc2cccnc21)N1CCC2(CC1)CN(c1ccccn1)C2. The van der Waals surface area contributed by atoms with Crippen LogP contribution in [0.25, 0.3) is 0 Å². The van der Waals surface area contributed by atoms with E-state index in [2.05, 4.69) is 48.5 Å². The molecule has 4 heterocycles. The van der Waals surface area contributed by atoms with Crippen LogP contribution in [0.2, 0.25) is 0 Å². The predicted molar refractivity (Wildman–Crippen MR) is 119 cm³/mol. The maximum Gasteiger partial charge on any atom is 0.189 e. The number of thiocarbonyl (C=S) groups is 1. The highest BCUT2D eigenvalue weighted by Gasteiger charge is 2.45. The van der Waals surface area contributed by atoms with Gasteiger partial charge in [0.2, 0.25) is 0 Å². The van der Waals surface area contributed by atoms with Crippen LogP contribution >= 0.6 is 12.2 Å². The number of hydrazone groups is 1. The van der Waals surface area contributed by atoms with Crippen LogP contribution in [0.15, 0.2) is 47.8 Å². The standard InChI is InChI=1S/C22H26N6S/c29-21(26-25-18-7-3-5-17-6-4-12-24-20(17)18)27-13-9-22(10-14-27)15-28(16-22)19-8-1-2-11-23-19/h1-2,4,6,8,11-12H,3,5,7,9-10,13-16H2,(H,26,29)/b25-18+. The van der Waals surface area contributed by atoms with Crippen LogP contribution in [0.3, 0.4) is 0 Å². The number of likely N-dealkylation sites (tertiary alicyclic amines) is 1. The molecule has 1 spiro atoms. The predicted octanol–water partition coefficient (Wildman–Crippen LogP) is 2.99. The lowest BCUT2D eigenvalue weighted by molar-refractivity contribution is 0.109. The number of fused-ring (bicyclic) bond motifs is 1. The summed E-state index contributed by atoms with van der Waals surface area (Å²) < 4.78 is 0. The number of nitrogens with one attached hydrogen (secondary N) is 1. The van der Waals surface area contributed by atoms with Gasteiger partial charge in [0, 0.05) is 44.0 Å². The molecule has 2 fully saturated rings. The number of aromatic nitrogens is 2. The molecule has 29 heavy (non-hydrogen) atoms. The van der Waals surface area contributed by atoms with Crippen molar-refractivity contribution in [1.29, 1.82) is 0 Å². The van der Waals surface area contributed by atoms with Gasteiger partial charge in [-0.05, 0) is 68.1 Å². The van der Waals surface area contributed by atoms with E-state index in [-0.39, 0.29) is 0 Å². The highest BCUT2D eigenvalue weighted by molar-refractivity contribution is 7.80. The Morgan fingerprint density at radius 2 is 1.86 bits per heavy atom. The minimum Gasteiger partial charge on any atom is -0.355 e. The summed E-state index contributed by atoms with van der Waals surface area (Å²) in [7, 11) is 0. The molecule has 6 nitrogen and oxygen atoms in total. The van der Waals surface area contributed by atoms with Gasteiger partial charge in [-0.15, -0.1) is 0 Å². The molecule has 0 atom stereocenters. The molecule has 0 unspecified atom stereocenters. The number of pyridine rings is 2. The quantitative estimate of drug-likeness (QED) is 0.611. The molecule has 1 aliphatic carbocycles. The normalized spacial score (nSPS) is 21.6. The molecule has 0 saturated carbocycles. The van der Waals surface area contributed by atoms with Gasteiger partial charge in [0.1, 0.15) is 5.82 Å². The maximum atomic E-state index is 5.64. The summed E-state index contributed by atoms with van der Waals surface area (Å²) in [5.41, 5.74) is 6.89. The summed E-state index contributed by atoms with van der Waals surface area (Å²) in [4.78, 5) is 13.6. The van der Waals surface area contributed by atoms with Gasteiger partial charge in [-0.2, -0.15) is 5.10 Å². The van der Waals surface area contributed by atoms with Crippen LogP contribution in [0, 0.1) is 5.41 Å². The summed E-state index contributed by atoms with van der Waals surface area (Å²) in [6.45, 7) is 4.18. The number of aryl methyl sites for hydroxylation is 1. The van der Waals surface area contributed by atoms with Gasteiger partial charge in [-0.25, -0.2) is 4.98 Å². The second kappa shape index (κ2) is 7.71. The lowest BCUT2D eigenvalue weighted by atomic mass is 9.72. The summed E-state index contributed by atoms with van der Waals surface area (Å²) in [6.07, 6.45) is 9.19. The monoisotopic (exact) mass is 406 g/mol. The molecular formula is C22H26N6S. The van der Waals surface area contributed by atoms with Gasteiger partial charge in [-0.1, -0.05) is 12.1 Å². The average molecular weight is 407 g/mol. The lowest BCUT2D eigenvalue weighted by Crippen LogP contribution is -2.61. The van der Waals surface area contributed by atoms with Crippen molar-refractivity contribution in [3.8, 4) is 0 Å². The summed E-state index contributed by atoms with van der Waals surface area (Å²) in [5.74, 6) is 1.09. The van der Waals surface area contributed by atoms with Gasteiger partial charge in [0.25, 0.3) is 0 Å². The molecule has 2 aliphatic heterocycles. The van der Waals surface area contributed by atoms with Crippen molar-refractivity contribution in [2.75, 3.05) is 31.1 Å². The van der Waals surface area contributed by atoms with Gasteiger partial charge in [0.15, 0.2) is 5.11 Å². The topological polar surface area (TPSA) is 56.7 Å². The first-order valence-electron chi connectivity index (χ1n) is 10.4. The van der Waals surface area contributed by atoms with Gasteiger partial charge in [0.05, 0.1) is 11.4 Å². The van der Waals surface area contributed by atoms with E-state index in [9.17, 15) is 0 Å².